The van der Waals surface area contributed by atoms with Gasteiger partial charge in [-0.15, -0.1) is 0 Å². The van der Waals surface area contributed by atoms with E-state index in [0.717, 1.165) is 0 Å². The van der Waals surface area contributed by atoms with Crippen molar-refractivity contribution in [1.29, 1.82) is 0 Å². The van der Waals surface area contributed by atoms with E-state index in [1.54, 1.807) is 19.6 Å². The van der Waals surface area contributed by atoms with Crippen LogP contribution in [0.1, 0.15) is 12.5 Å². The number of thiol groups is 1. The Kier molecular flexibility index (Phi) is 24.6. The molecule has 6 heterocycles. The molecule has 2 saturated heterocycles. The number of aromatic nitrogens is 8. The summed E-state index contributed by atoms with van der Waals surface area (Å²) in [6.07, 6.45) is -6.29. The van der Waals surface area contributed by atoms with E-state index >= 15 is 0 Å². The number of rotatable bonds is 17. The maximum Gasteiger partial charge on any atom is 1.00 e. The van der Waals surface area contributed by atoms with Crippen LogP contribution >= 0.6 is 76.1 Å². The van der Waals surface area contributed by atoms with E-state index in [1.165, 1.54) is 45.3 Å². The largest absolute Gasteiger partial charge is 1.00 e. The number of halogens is 1. The zero-order valence-corrected chi connectivity index (χ0v) is 49.7. The first-order valence-corrected chi connectivity index (χ1v) is 27.7. The maximum absolute atomic E-state index is 13.1. The molecule has 39 heteroatoms. The quantitative estimate of drug-likeness (QED) is 0.0117. The molecular formula is C24H35ClN10Na4O16P4S4+4. The summed E-state index contributed by atoms with van der Waals surface area (Å²) in [6.45, 7) is -11.7. The summed E-state index contributed by atoms with van der Waals surface area (Å²) < 4.78 is 72.4. The van der Waals surface area contributed by atoms with Gasteiger partial charge in [-0.05, 0) is 24.3 Å². The topological polar surface area (TPSA) is 373 Å². The molecule has 5 unspecified atom stereocenters. The number of nitrogens with one attached hydrogen (secondary N) is 1. The van der Waals surface area contributed by atoms with Crippen LogP contribution in [0, 0.1) is 0 Å². The molecule has 0 bridgehead atoms. The number of alkyl halides is 1. The van der Waals surface area contributed by atoms with E-state index in [0.29, 0.717) is 16.5 Å². The second kappa shape index (κ2) is 25.0. The number of anilines is 2. The zero-order valence-electron chi connectivity index (χ0n) is 34.1. The van der Waals surface area contributed by atoms with Gasteiger partial charge in [0.25, 0.3) is 0 Å². The molecule has 2 fully saturated rings. The van der Waals surface area contributed by atoms with Crippen LogP contribution in [0.2, 0.25) is 0 Å². The second-order valence-electron chi connectivity index (χ2n) is 12.3. The summed E-state index contributed by atoms with van der Waals surface area (Å²) >= 11 is 16.6. The Morgan fingerprint density at radius 1 is 0.810 bits per heavy atom. The van der Waals surface area contributed by atoms with Crippen LogP contribution < -0.4 is 129 Å². The van der Waals surface area contributed by atoms with E-state index in [2.05, 4.69) is 56.1 Å². The molecule has 13 atom stereocenters. The van der Waals surface area contributed by atoms with Crippen LogP contribution in [0.3, 0.4) is 0 Å². The Morgan fingerprint density at radius 2 is 1.25 bits per heavy atom. The first-order valence-electron chi connectivity index (χ1n) is 16.2. The van der Waals surface area contributed by atoms with Crippen LogP contribution in [0.25, 0.3) is 22.3 Å². The first kappa shape index (κ1) is 62.0. The first-order chi connectivity index (χ1) is 27.5. The van der Waals surface area contributed by atoms with E-state index in [4.69, 9.17) is 47.7 Å². The summed E-state index contributed by atoms with van der Waals surface area (Å²) in [4.78, 5) is 54.0. The maximum atomic E-state index is 13.1. The Morgan fingerprint density at radius 3 is 1.75 bits per heavy atom. The van der Waals surface area contributed by atoms with Gasteiger partial charge in [-0.3, -0.25) is 22.8 Å². The predicted molar refractivity (Wildman–Crippen MR) is 216 cm³/mol. The van der Waals surface area contributed by atoms with Crippen molar-refractivity contribution >= 4 is 122 Å². The minimum atomic E-state index is -5.77. The molecule has 6 rings (SSSR count). The number of hydrogen-bond acceptors (Lipinski definition) is 24. The smallest absolute Gasteiger partial charge is 0.387 e. The molecule has 0 radical (unpaired) electrons. The number of fused-ring (bicyclic) bond motifs is 2. The minimum absolute atomic E-state index is 0. The van der Waals surface area contributed by atoms with Gasteiger partial charge in [-0.2, -0.15) is 0 Å². The van der Waals surface area contributed by atoms with Crippen LogP contribution in [0.15, 0.2) is 23.0 Å². The summed E-state index contributed by atoms with van der Waals surface area (Å²) in [6, 6.07) is 0. The number of ether oxygens (including phenoxy) is 2. The number of imidazole rings is 2. The molecule has 0 aromatic carbocycles. The van der Waals surface area contributed by atoms with Gasteiger partial charge in [-0.25, -0.2) is 43.1 Å². The average molecular weight is 1100 g/mol. The van der Waals surface area contributed by atoms with Crippen molar-refractivity contribution in [2.45, 2.75) is 64.3 Å². The molecule has 2 aliphatic heterocycles. The Bertz CT molecular complexity index is 2430. The van der Waals surface area contributed by atoms with E-state index in [9.17, 15) is 48.8 Å². The normalized spacial score (nSPS) is 27.7. The average Bonchev–Trinajstić information content (AvgIpc) is 3.92. The monoisotopic (exact) mass is 1100 g/mol. The van der Waals surface area contributed by atoms with Gasteiger partial charge < -0.3 is 60.2 Å². The fourth-order valence-corrected chi connectivity index (χ4v) is 15.5. The molecule has 10 N–H and O–H groups in total. The third-order valence-electron chi connectivity index (χ3n) is 8.44. The molecule has 0 amide bonds. The standard InChI is InChI=1S/C24H35ClN10O16P4S4.4Na/c1-27-17-11-19(33-24(31-17)59-3)35(7-29-11)21-15(39)13(37)9(49-21)5-47-55(45,57)51-53(42,43)22(25)52(40,41)50-54(44,56)46-4-8-12(36)14(38)20(48-8)34-6-28-10-16(26)30-23(58-2)32-18(10)34;;;;/h6-9,12-15,20-22,36-39H,4-5H2,1-3H3,(H,40,41)(H,42,43)(H,44,56)(H,45,57)(H2,26,30,32)(H,27,31,33);;;;/q;4*+1/t8-,9-,12-,13-,14-,15-,20-,21-,22?,54?,55?;;;;/m1..../s1. The summed E-state index contributed by atoms with van der Waals surface area (Å²) in [5, 5.41) is 46.4. The zero-order chi connectivity index (χ0) is 43.4. The number of hydrogen-bond donors (Lipinski definition) is 10. The van der Waals surface area contributed by atoms with Gasteiger partial charge in [0.2, 0.25) is 4.86 Å². The molecule has 0 saturated carbocycles. The van der Waals surface area contributed by atoms with E-state index in [-0.39, 0.29) is 146 Å². The molecule has 0 spiro atoms. The van der Waals surface area contributed by atoms with Crippen LogP contribution in [-0.2, 0) is 52.6 Å². The Labute approximate surface area is 469 Å². The predicted octanol–water partition coefficient (Wildman–Crippen LogP) is -10.8. The number of aliphatic hydroxyl groups excluding tert-OH is 4. The van der Waals surface area contributed by atoms with Crippen LogP contribution in [0.4, 0.5) is 11.6 Å². The fraction of sp³-hybridized carbons (Fsp3) is 0.583. The van der Waals surface area contributed by atoms with Gasteiger partial charge in [-0.1, -0.05) is 47.4 Å². The molecule has 63 heavy (non-hydrogen) atoms. The molecule has 4 aromatic heterocycles. The fourth-order valence-electron chi connectivity index (χ4n) is 5.68. The van der Waals surface area contributed by atoms with Crippen LogP contribution in [-0.4, -0.2) is 148 Å². The number of nitrogens with two attached hydrogens (primary N) is 1. The number of nitrogens with zero attached hydrogens (tertiary/aromatic N) is 8. The van der Waals surface area contributed by atoms with E-state index in [1.807, 2.05) is 0 Å². The van der Waals surface area contributed by atoms with Gasteiger partial charge in [0.1, 0.15) is 42.1 Å². The molecule has 0 aliphatic carbocycles. The molecular weight excluding hydrogens is 1060 g/mol. The molecule has 328 valence electrons. The number of nitrogen functional groups attached to an aromatic ring is 1. The Hall–Kier alpha value is 2.86. The molecule has 2 aliphatic rings. The van der Waals surface area contributed by atoms with E-state index < -0.39 is 95.9 Å². The van der Waals surface area contributed by atoms with Crippen molar-refractivity contribution < 1.29 is 194 Å². The minimum Gasteiger partial charge on any atom is -0.387 e. The SMILES string of the molecule is CNc1nc(SC)nc2c1ncn2[C@@H]1O[C@H](COP(O)(=S)OP(=O)(O)C(Cl)P(=O)(O)OP(=O)(S)OC[C@H]2O[C@@H](n3cnc4c(N)nc(SC)nc43)[C@H](O)[C@@H]2O)[C@@H](O)[C@H]1O.[Na+].[Na+].[Na+].[Na+]. The van der Waals surface area contributed by atoms with Crippen molar-refractivity contribution in [3.63, 3.8) is 0 Å². The van der Waals surface area contributed by atoms with Crippen molar-refractivity contribution in [3.8, 4) is 0 Å². The van der Waals surface area contributed by atoms with Crippen molar-refractivity contribution in [1.82, 2.24) is 39.0 Å². The van der Waals surface area contributed by atoms with Crippen LogP contribution in [0.5, 0.6) is 0 Å². The summed E-state index contributed by atoms with van der Waals surface area (Å²) in [5.41, 5.74) is 6.80. The summed E-state index contributed by atoms with van der Waals surface area (Å²) in [7, 11) is -9.90. The van der Waals surface area contributed by atoms with Crippen molar-refractivity contribution in [2.24, 2.45) is 0 Å². The van der Waals surface area contributed by atoms with Crippen molar-refractivity contribution in [3.05, 3.63) is 12.7 Å². The molecule has 26 nitrogen and oxygen atoms in total. The Balaban J connectivity index is 0.00000341. The van der Waals surface area contributed by atoms with Gasteiger partial charge in [0.05, 0.1) is 25.9 Å². The number of thioether (sulfide) groups is 2. The van der Waals surface area contributed by atoms with Gasteiger partial charge >= 0.3 is 147 Å². The summed E-state index contributed by atoms with van der Waals surface area (Å²) in [5.74, 6) is 0.410. The van der Waals surface area contributed by atoms with Crippen molar-refractivity contribution in [2.75, 3.05) is 43.8 Å². The third kappa shape index (κ3) is 14.1. The second-order valence-corrected chi connectivity index (χ2v) is 25.1. The van der Waals surface area contributed by atoms with Gasteiger partial charge in [0, 0.05) is 7.05 Å². The number of aliphatic hydroxyl groups is 4. The van der Waals surface area contributed by atoms with Gasteiger partial charge in [0.15, 0.2) is 51.2 Å². The molecule has 4 aromatic rings. The third-order valence-corrected chi connectivity index (χ3v) is 20.2.